The highest BCUT2D eigenvalue weighted by atomic mass is 32.2. The number of esters is 1. The molecule has 0 aliphatic carbocycles. The Labute approximate surface area is 106 Å². The third-order valence-corrected chi connectivity index (χ3v) is 3.56. The van der Waals surface area contributed by atoms with E-state index < -0.39 is 5.97 Å². The SMILES string of the molecule is COC(=O)CCNc1nnc(SCC(=O)O)s1. The van der Waals surface area contributed by atoms with Crippen LogP contribution in [-0.4, -0.2) is 46.6 Å². The van der Waals surface area contributed by atoms with Gasteiger partial charge in [-0.25, -0.2) is 0 Å². The minimum atomic E-state index is -0.898. The average Bonchev–Trinajstić information content (AvgIpc) is 2.74. The number of thioether (sulfide) groups is 1. The summed E-state index contributed by atoms with van der Waals surface area (Å²) in [7, 11) is 1.33. The average molecular weight is 277 g/mol. The van der Waals surface area contributed by atoms with Gasteiger partial charge in [0.05, 0.1) is 19.3 Å². The van der Waals surface area contributed by atoms with E-state index in [1.54, 1.807) is 0 Å². The predicted octanol–water partition coefficient (Wildman–Crippen LogP) is 0.690. The minimum Gasteiger partial charge on any atom is -0.481 e. The third kappa shape index (κ3) is 5.50. The van der Waals surface area contributed by atoms with E-state index in [1.807, 2.05) is 0 Å². The molecule has 0 unspecified atom stereocenters. The summed E-state index contributed by atoms with van der Waals surface area (Å²) in [6.07, 6.45) is 0.244. The van der Waals surface area contributed by atoms with Crippen LogP contribution in [0.4, 0.5) is 5.13 Å². The molecule has 0 saturated heterocycles. The number of rotatable bonds is 7. The quantitative estimate of drug-likeness (QED) is 0.554. The van der Waals surface area contributed by atoms with Crippen molar-refractivity contribution in [2.75, 3.05) is 24.7 Å². The molecule has 9 heteroatoms. The molecule has 1 rings (SSSR count). The van der Waals surface area contributed by atoms with Crippen molar-refractivity contribution in [3.8, 4) is 0 Å². The summed E-state index contributed by atoms with van der Waals surface area (Å²) >= 11 is 2.36. The maximum atomic E-state index is 10.8. The molecule has 7 nitrogen and oxygen atoms in total. The normalized spacial score (nSPS) is 9.94. The molecule has 94 valence electrons. The molecule has 17 heavy (non-hydrogen) atoms. The van der Waals surface area contributed by atoms with Crippen molar-refractivity contribution < 1.29 is 19.4 Å². The number of methoxy groups -OCH3 is 1. The molecular weight excluding hydrogens is 266 g/mol. The molecule has 0 aliphatic rings. The third-order valence-electron chi connectivity index (χ3n) is 1.56. The maximum Gasteiger partial charge on any atom is 0.313 e. The number of hydrogen-bond acceptors (Lipinski definition) is 8. The lowest BCUT2D eigenvalue weighted by atomic mass is 10.4. The van der Waals surface area contributed by atoms with E-state index >= 15 is 0 Å². The molecule has 0 spiro atoms. The lowest BCUT2D eigenvalue weighted by Gasteiger charge is -1.99. The molecule has 0 aromatic carbocycles. The van der Waals surface area contributed by atoms with Gasteiger partial charge in [0, 0.05) is 6.54 Å². The van der Waals surface area contributed by atoms with Gasteiger partial charge in [-0.1, -0.05) is 23.1 Å². The number of ether oxygens (including phenoxy) is 1. The van der Waals surface area contributed by atoms with Gasteiger partial charge in [-0.15, -0.1) is 10.2 Å². The summed E-state index contributed by atoms with van der Waals surface area (Å²) in [6, 6.07) is 0. The van der Waals surface area contributed by atoms with Crippen molar-refractivity contribution in [2.45, 2.75) is 10.8 Å². The Morgan fingerprint density at radius 3 is 2.94 bits per heavy atom. The first-order valence-electron chi connectivity index (χ1n) is 4.60. The number of nitrogens with one attached hydrogen (secondary N) is 1. The number of carboxylic acid groups (broad SMARTS) is 1. The zero-order valence-corrected chi connectivity index (χ0v) is 10.6. The van der Waals surface area contributed by atoms with E-state index in [-0.39, 0.29) is 18.1 Å². The highest BCUT2D eigenvalue weighted by Crippen LogP contribution is 2.24. The van der Waals surface area contributed by atoms with Crippen LogP contribution in [0.15, 0.2) is 4.34 Å². The summed E-state index contributed by atoms with van der Waals surface area (Å²) in [5, 5.41) is 19.5. The molecule has 0 bridgehead atoms. The zero-order valence-electron chi connectivity index (χ0n) is 9.00. The number of carboxylic acids is 1. The molecule has 0 fully saturated rings. The van der Waals surface area contributed by atoms with Crippen LogP contribution in [0.1, 0.15) is 6.42 Å². The van der Waals surface area contributed by atoms with Crippen LogP contribution in [-0.2, 0) is 14.3 Å². The van der Waals surface area contributed by atoms with Crippen molar-refractivity contribution in [1.82, 2.24) is 10.2 Å². The van der Waals surface area contributed by atoms with Gasteiger partial charge in [0.15, 0.2) is 4.34 Å². The standard InChI is InChI=1S/C8H11N3O4S2/c1-15-6(14)2-3-9-7-10-11-8(17-7)16-4-5(12)13/h2-4H2,1H3,(H,9,10)(H,12,13). The molecule has 2 N–H and O–H groups in total. The van der Waals surface area contributed by atoms with E-state index in [0.29, 0.717) is 16.0 Å². The van der Waals surface area contributed by atoms with Crippen LogP contribution >= 0.6 is 23.1 Å². The first-order valence-corrected chi connectivity index (χ1v) is 6.41. The van der Waals surface area contributed by atoms with E-state index in [1.165, 1.54) is 18.4 Å². The molecule has 0 saturated carbocycles. The molecule has 1 heterocycles. The van der Waals surface area contributed by atoms with Gasteiger partial charge in [0.1, 0.15) is 0 Å². The zero-order chi connectivity index (χ0) is 12.7. The fraction of sp³-hybridized carbons (Fsp3) is 0.500. The van der Waals surface area contributed by atoms with Gasteiger partial charge in [-0.05, 0) is 0 Å². The summed E-state index contributed by atoms with van der Waals surface area (Å²) in [5.74, 6) is -1.25. The van der Waals surface area contributed by atoms with Gasteiger partial charge in [-0.3, -0.25) is 9.59 Å². The maximum absolute atomic E-state index is 10.8. The smallest absolute Gasteiger partial charge is 0.313 e. The van der Waals surface area contributed by atoms with E-state index in [4.69, 9.17) is 5.11 Å². The Hall–Kier alpha value is -1.35. The van der Waals surface area contributed by atoms with Crippen LogP contribution in [0.3, 0.4) is 0 Å². The number of carbonyl (C=O) groups excluding carboxylic acids is 1. The van der Waals surface area contributed by atoms with Crippen molar-refractivity contribution in [3.05, 3.63) is 0 Å². The summed E-state index contributed by atoms with van der Waals surface area (Å²) in [4.78, 5) is 21.1. The van der Waals surface area contributed by atoms with Gasteiger partial charge in [0.25, 0.3) is 0 Å². The van der Waals surface area contributed by atoms with Crippen LogP contribution in [0.2, 0.25) is 0 Å². The molecule has 0 aliphatic heterocycles. The summed E-state index contributed by atoms with van der Waals surface area (Å²) < 4.78 is 5.05. The lowest BCUT2D eigenvalue weighted by molar-refractivity contribution is -0.140. The first-order chi connectivity index (χ1) is 8.11. The van der Waals surface area contributed by atoms with Crippen molar-refractivity contribution in [2.24, 2.45) is 0 Å². The number of anilines is 1. The van der Waals surface area contributed by atoms with Crippen LogP contribution in [0.5, 0.6) is 0 Å². The molecule has 1 aromatic heterocycles. The van der Waals surface area contributed by atoms with E-state index in [9.17, 15) is 9.59 Å². The van der Waals surface area contributed by atoms with Crippen LogP contribution in [0.25, 0.3) is 0 Å². The van der Waals surface area contributed by atoms with E-state index in [0.717, 1.165) is 11.8 Å². The predicted molar refractivity (Wildman–Crippen MR) is 63.4 cm³/mol. The Morgan fingerprint density at radius 2 is 2.29 bits per heavy atom. The Bertz CT molecular complexity index is 396. The monoisotopic (exact) mass is 277 g/mol. The second kappa shape index (κ2) is 7.07. The molecule has 1 aromatic rings. The topological polar surface area (TPSA) is 101 Å². The summed E-state index contributed by atoms with van der Waals surface area (Å²) in [6.45, 7) is 0.408. The van der Waals surface area contributed by atoms with Crippen LogP contribution in [0, 0.1) is 0 Å². The molecule has 0 atom stereocenters. The van der Waals surface area contributed by atoms with Crippen LogP contribution < -0.4 is 5.32 Å². The number of carbonyl (C=O) groups is 2. The fourth-order valence-electron chi connectivity index (χ4n) is 0.837. The van der Waals surface area contributed by atoms with Gasteiger partial charge in [-0.2, -0.15) is 0 Å². The van der Waals surface area contributed by atoms with Gasteiger partial charge in [0.2, 0.25) is 5.13 Å². The van der Waals surface area contributed by atoms with Gasteiger partial charge >= 0.3 is 11.9 Å². The number of nitrogens with zero attached hydrogens (tertiary/aromatic N) is 2. The molecular formula is C8H11N3O4S2. The highest BCUT2D eigenvalue weighted by molar-refractivity contribution is 8.01. The Morgan fingerprint density at radius 1 is 1.53 bits per heavy atom. The van der Waals surface area contributed by atoms with Crippen molar-refractivity contribution in [1.29, 1.82) is 0 Å². The summed E-state index contributed by atoms with van der Waals surface area (Å²) in [5.41, 5.74) is 0. The number of aliphatic carboxylic acids is 1. The fourth-order valence-corrected chi connectivity index (χ4v) is 2.33. The Kier molecular flexibility index (Phi) is 5.70. The Balaban J connectivity index is 2.30. The van der Waals surface area contributed by atoms with Gasteiger partial charge < -0.3 is 15.2 Å². The second-order valence-corrected chi connectivity index (χ2v) is 5.01. The molecule has 0 radical (unpaired) electrons. The van der Waals surface area contributed by atoms with E-state index in [2.05, 4.69) is 20.3 Å². The lowest BCUT2D eigenvalue weighted by Crippen LogP contribution is -2.09. The van der Waals surface area contributed by atoms with Crippen molar-refractivity contribution in [3.63, 3.8) is 0 Å². The minimum absolute atomic E-state index is 0.0448. The highest BCUT2D eigenvalue weighted by Gasteiger charge is 2.07. The largest absolute Gasteiger partial charge is 0.481 e. The number of aromatic nitrogens is 2. The molecule has 0 amide bonds. The number of hydrogen-bond donors (Lipinski definition) is 2. The van der Waals surface area contributed by atoms with Crippen molar-refractivity contribution >= 4 is 40.2 Å². The second-order valence-electron chi connectivity index (χ2n) is 2.81. The first kappa shape index (κ1) is 13.7.